The van der Waals surface area contributed by atoms with Gasteiger partial charge in [0, 0.05) is 11.8 Å². The van der Waals surface area contributed by atoms with E-state index >= 15 is 0 Å². The van der Waals surface area contributed by atoms with Gasteiger partial charge in [0.2, 0.25) is 5.95 Å². The van der Waals surface area contributed by atoms with Gasteiger partial charge in [0.1, 0.15) is 5.03 Å². The molecule has 1 rings (SSSR count). The van der Waals surface area contributed by atoms with Crippen molar-refractivity contribution in [2.24, 2.45) is 5.92 Å². The van der Waals surface area contributed by atoms with Crippen molar-refractivity contribution in [3.05, 3.63) is 11.8 Å². The number of nitrogens with zero attached hydrogens (tertiary/aromatic N) is 2. The van der Waals surface area contributed by atoms with Crippen LogP contribution in [0.4, 0.5) is 19.1 Å². The summed E-state index contributed by atoms with van der Waals surface area (Å²) in [6.45, 7) is 4.06. The Morgan fingerprint density at radius 2 is 2.06 bits per heavy atom. The Morgan fingerprint density at radius 1 is 1.41 bits per heavy atom. The topological polar surface area (TPSA) is 51.8 Å². The Kier molecular flexibility index (Phi) is 4.62. The summed E-state index contributed by atoms with van der Waals surface area (Å²) in [4.78, 5) is 6.96. The van der Waals surface area contributed by atoms with Gasteiger partial charge < -0.3 is 5.73 Å². The first-order valence-electron chi connectivity index (χ1n) is 5.17. The normalized spacial score (nSPS) is 13.7. The molecule has 1 heterocycles. The van der Waals surface area contributed by atoms with Crippen molar-refractivity contribution in [2.45, 2.75) is 31.5 Å². The van der Waals surface area contributed by atoms with Crippen molar-refractivity contribution in [1.29, 1.82) is 0 Å². The highest BCUT2D eigenvalue weighted by Crippen LogP contribution is 2.30. The monoisotopic (exact) mass is 265 g/mol. The van der Waals surface area contributed by atoms with E-state index in [1.807, 2.05) is 13.8 Å². The summed E-state index contributed by atoms with van der Waals surface area (Å²) < 4.78 is 37.4. The zero-order chi connectivity index (χ0) is 13.1. The van der Waals surface area contributed by atoms with Crippen molar-refractivity contribution in [3.63, 3.8) is 0 Å². The Bertz CT molecular complexity index is 382. The van der Waals surface area contributed by atoms with Gasteiger partial charge in [-0.2, -0.15) is 13.2 Å². The smallest absolute Gasteiger partial charge is 0.368 e. The van der Waals surface area contributed by atoms with Crippen molar-refractivity contribution in [1.82, 2.24) is 9.97 Å². The fraction of sp³-hybridized carbons (Fsp3) is 0.600. The fourth-order valence-corrected chi connectivity index (χ4v) is 2.05. The molecule has 0 radical (unpaired) electrons. The Labute approximate surface area is 102 Å². The molecule has 0 aliphatic heterocycles. The molecule has 1 aromatic rings. The minimum atomic E-state index is -4.48. The van der Waals surface area contributed by atoms with E-state index in [0.29, 0.717) is 11.7 Å². The second kappa shape index (κ2) is 5.57. The van der Waals surface area contributed by atoms with Gasteiger partial charge >= 0.3 is 6.18 Å². The lowest BCUT2D eigenvalue weighted by atomic mass is 10.2. The van der Waals surface area contributed by atoms with Crippen LogP contribution < -0.4 is 5.73 Å². The number of hydrogen-bond acceptors (Lipinski definition) is 4. The third-order valence-corrected chi connectivity index (χ3v) is 3.46. The molecule has 0 bridgehead atoms. The first-order valence-corrected chi connectivity index (χ1v) is 6.16. The predicted octanol–water partition coefficient (Wildman–Crippen LogP) is 3.22. The Hall–Kier alpha value is -0.980. The molecule has 96 valence electrons. The third-order valence-electron chi connectivity index (χ3n) is 2.22. The van der Waals surface area contributed by atoms with Crippen LogP contribution in [0.3, 0.4) is 0 Å². The number of alkyl halides is 3. The molecule has 3 nitrogen and oxygen atoms in total. The molecule has 0 aromatic carbocycles. The minimum Gasteiger partial charge on any atom is -0.368 e. The van der Waals surface area contributed by atoms with Gasteiger partial charge in [-0.15, -0.1) is 11.8 Å². The van der Waals surface area contributed by atoms with Crippen LogP contribution in [0.15, 0.2) is 11.1 Å². The maximum absolute atomic E-state index is 12.5. The SMILES string of the molecule is CCC(C)CSc1cc(C(F)(F)F)nc(N)n1. The zero-order valence-electron chi connectivity index (χ0n) is 9.58. The average Bonchev–Trinajstić information content (AvgIpc) is 2.24. The van der Waals surface area contributed by atoms with Gasteiger partial charge in [0.05, 0.1) is 0 Å². The highest BCUT2D eigenvalue weighted by Gasteiger charge is 2.33. The molecular formula is C10H14F3N3S. The Balaban J connectivity index is 2.83. The van der Waals surface area contributed by atoms with Crippen LogP contribution in [0.25, 0.3) is 0 Å². The van der Waals surface area contributed by atoms with Crippen LogP contribution in [0.1, 0.15) is 26.0 Å². The summed E-state index contributed by atoms with van der Waals surface area (Å²) in [5, 5.41) is 0.269. The molecule has 1 aromatic heterocycles. The van der Waals surface area contributed by atoms with Gasteiger partial charge in [-0.05, 0) is 5.92 Å². The molecule has 1 atom stereocenters. The third kappa shape index (κ3) is 4.41. The Morgan fingerprint density at radius 3 is 2.59 bits per heavy atom. The van der Waals surface area contributed by atoms with Crippen molar-refractivity contribution in [2.75, 3.05) is 11.5 Å². The summed E-state index contributed by atoms with van der Waals surface area (Å²) in [6, 6.07) is 0.934. The first kappa shape index (κ1) is 14.1. The number of thioether (sulfide) groups is 1. The van der Waals surface area contributed by atoms with Crippen LogP contribution in [-0.4, -0.2) is 15.7 Å². The van der Waals surface area contributed by atoms with Crippen molar-refractivity contribution < 1.29 is 13.2 Å². The fourth-order valence-electron chi connectivity index (χ4n) is 1.01. The number of rotatable bonds is 4. The lowest BCUT2D eigenvalue weighted by Gasteiger charge is -2.10. The van der Waals surface area contributed by atoms with Gasteiger partial charge in [-0.1, -0.05) is 20.3 Å². The molecule has 0 amide bonds. The van der Waals surface area contributed by atoms with E-state index in [2.05, 4.69) is 9.97 Å². The van der Waals surface area contributed by atoms with E-state index in [1.54, 1.807) is 0 Å². The van der Waals surface area contributed by atoms with Crippen LogP contribution in [0.5, 0.6) is 0 Å². The molecule has 0 fully saturated rings. The average molecular weight is 265 g/mol. The lowest BCUT2D eigenvalue weighted by Crippen LogP contribution is -2.11. The molecule has 0 aliphatic rings. The van der Waals surface area contributed by atoms with Gasteiger partial charge in [-0.3, -0.25) is 0 Å². The number of aromatic nitrogens is 2. The van der Waals surface area contributed by atoms with Crippen LogP contribution in [0.2, 0.25) is 0 Å². The van der Waals surface area contributed by atoms with E-state index < -0.39 is 11.9 Å². The van der Waals surface area contributed by atoms with Gasteiger partial charge in [-0.25, -0.2) is 9.97 Å². The summed E-state index contributed by atoms with van der Waals surface area (Å²) in [7, 11) is 0. The van der Waals surface area contributed by atoms with E-state index in [0.717, 1.165) is 12.5 Å². The second-order valence-electron chi connectivity index (χ2n) is 3.77. The first-order chi connectivity index (χ1) is 7.82. The van der Waals surface area contributed by atoms with E-state index in [9.17, 15) is 13.2 Å². The quantitative estimate of drug-likeness (QED) is 0.671. The lowest BCUT2D eigenvalue weighted by molar-refractivity contribution is -0.141. The van der Waals surface area contributed by atoms with E-state index in [1.165, 1.54) is 11.8 Å². The maximum atomic E-state index is 12.5. The predicted molar refractivity (Wildman–Crippen MR) is 61.6 cm³/mol. The van der Waals surface area contributed by atoms with Crippen LogP contribution >= 0.6 is 11.8 Å². The molecule has 0 spiro atoms. The molecule has 1 unspecified atom stereocenters. The number of hydrogen-bond donors (Lipinski definition) is 1. The van der Waals surface area contributed by atoms with E-state index in [-0.39, 0.29) is 11.0 Å². The van der Waals surface area contributed by atoms with Crippen molar-refractivity contribution in [3.8, 4) is 0 Å². The molecule has 0 saturated carbocycles. The number of nitrogens with two attached hydrogens (primary N) is 1. The second-order valence-corrected chi connectivity index (χ2v) is 4.81. The van der Waals surface area contributed by atoms with Gasteiger partial charge in [0.25, 0.3) is 0 Å². The molecule has 0 aliphatic carbocycles. The maximum Gasteiger partial charge on any atom is 0.433 e. The molecule has 7 heteroatoms. The summed E-state index contributed by atoms with van der Waals surface area (Å²) in [5.74, 6) is 0.793. The highest BCUT2D eigenvalue weighted by atomic mass is 32.2. The molecule has 0 saturated heterocycles. The standard InChI is InChI=1S/C10H14F3N3S/c1-3-6(2)5-17-8-4-7(10(11,12)13)15-9(14)16-8/h4,6H,3,5H2,1-2H3,(H2,14,15,16). The zero-order valence-corrected chi connectivity index (χ0v) is 10.4. The summed E-state index contributed by atoms with van der Waals surface area (Å²) >= 11 is 1.27. The molecule has 17 heavy (non-hydrogen) atoms. The molecular weight excluding hydrogens is 251 g/mol. The van der Waals surface area contributed by atoms with Crippen molar-refractivity contribution >= 4 is 17.7 Å². The number of anilines is 1. The largest absolute Gasteiger partial charge is 0.433 e. The minimum absolute atomic E-state index is 0.269. The summed E-state index contributed by atoms with van der Waals surface area (Å²) in [5.41, 5.74) is 4.27. The van der Waals surface area contributed by atoms with Gasteiger partial charge in [0.15, 0.2) is 5.69 Å². The van der Waals surface area contributed by atoms with E-state index in [4.69, 9.17) is 5.73 Å². The van der Waals surface area contributed by atoms with Crippen LogP contribution in [-0.2, 0) is 6.18 Å². The highest BCUT2D eigenvalue weighted by molar-refractivity contribution is 7.99. The number of halogens is 3. The van der Waals surface area contributed by atoms with Crippen LogP contribution in [0, 0.1) is 5.92 Å². The molecule has 2 N–H and O–H groups in total. The number of nitrogen functional groups attached to an aromatic ring is 1. The summed E-state index contributed by atoms with van der Waals surface area (Å²) in [6.07, 6.45) is -3.51.